The maximum Gasteiger partial charge on any atom is 0.425 e. The standard InChI is InChI=1S/C13H9N2O/c14-10-12-8-4-5-9-15(12)13(16)11-6-2-1-3-7-11/h1-9H/q+1. The molecule has 76 valence electrons. The molecule has 0 atom stereocenters. The SMILES string of the molecule is N#Cc1cccc[n+]1C(=O)c1ccccc1. The van der Waals surface area contributed by atoms with Crippen molar-refractivity contribution >= 4 is 5.91 Å². The quantitative estimate of drug-likeness (QED) is 0.668. The molecule has 0 fully saturated rings. The van der Waals surface area contributed by atoms with Gasteiger partial charge in [0.25, 0.3) is 5.69 Å². The Labute approximate surface area is 93.2 Å². The molecular formula is C13H9N2O+. The minimum Gasteiger partial charge on any atom is -0.214 e. The molecule has 0 aliphatic carbocycles. The van der Waals surface area contributed by atoms with Crippen LogP contribution in [0.4, 0.5) is 0 Å². The lowest BCUT2D eigenvalue weighted by Crippen LogP contribution is -2.45. The zero-order valence-electron chi connectivity index (χ0n) is 8.50. The Hall–Kier alpha value is -2.47. The predicted molar refractivity (Wildman–Crippen MR) is 57.5 cm³/mol. The van der Waals surface area contributed by atoms with Crippen molar-refractivity contribution in [3.05, 3.63) is 66.0 Å². The number of pyridine rings is 1. The molecule has 1 aromatic heterocycles. The van der Waals surface area contributed by atoms with Crippen LogP contribution < -0.4 is 4.57 Å². The topological polar surface area (TPSA) is 44.7 Å². The highest BCUT2D eigenvalue weighted by Crippen LogP contribution is 1.99. The highest BCUT2D eigenvalue weighted by Gasteiger charge is 2.20. The van der Waals surface area contributed by atoms with E-state index in [1.54, 1.807) is 48.7 Å². The summed E-state index contributed by atoms with van der Waals surface area (Å²) in [4.78, 5) is 12.0. The van der Waals surface area contributed by atoms with E-state index in [2.05, 4.69) is 0 Å². The van der Waals surface area contributed by atoms with Gasteiger partial charge in [0.1, 0.15) is 0 Å². The van der Waals surface area contributed by atoms with Crippen molar-refractivity contribution < 1.29 is 9.36 Å². The van der Waals surface area contributed by atoms with Crippen molar-refractivity contribution in [3.8, 4) is 6.07 Å². The Bertz CT molecular complexity index is 556. The van der Waals surface area contributed by atoms with E-state index in [1.807, 2.05) is 12.1 Å². The Kier molecular flexibility index (Phi) is 2.75. The van der Waals surface area contributed by atoms with Crippen LogP contribution in [0.1, 0.15) is 16.1 Å². The molecule has 3 heteroatoms. The highest BCUT2D eigenvalue weighted by molar-refractivity contribution is 5.87. The minimum absolute atomic E-state index is 0.197. The number of rotatable bonds is 1. The molecule has 2 aromatic rings. The lowest BCUT2D eigenvalue weighted by Gasteiger charge is -1.95. The first kappa shape index (κ1) is 10.1. The summed E-state index contributed by atoms with van der Waals surface area (Å²) in [6.45, 7) is 0. The molecule has 1 aromatic carbocycles. The van der Waals surface area contributed by atoms with Crippen LogP contribution >= 0.6 is 0 Å². The van der Waals surface area contributed by atoms with Crippen molar-refractivity contribution in [2.75, 3.05) is 0 Å². The summed E-state index contributed by atoms with van der Waals surface area (Å²) < 4.78 is 1.34. The maximum absolute atomic E-state index is 12.0. The van der Waals surface area contributed by atoms with Crippen molar-refractivity contribution in [1.82, 2.24) is 0 Å². The Morgan fingerprint density at radius 1 is 1.06 bits per heavy atom. The fourth-order valence-electron chi connectivity index (χ4n) is 1.43. The number of aromatic nitrogens is 1. The summed E-state index contributed by atoms with van der Waals surface area (Å²) in [5.41, 5.74) is 0.895. The summed E-state index contributed by atoms with van der Waals surface area (Å²) in [5, 5.41) is 8.89. The Morgan fingerprint density at radius 3 is 2.44 bits per heavy atom. The smallest absolute Gasteiger partial charge is 0.214 e. The molecule has 2 rings (SSSR count). The highest BCUT2D eigenvalue weighted by atomic mass is 16.2. The average Bonchev–Trinajstić information content (AvgIpc) is 2.39. The lowest BCUT2D eigenvalue weighted by molar-refractivity contribution is -0.573. The summed E-state index contributed by atoms with van der Waals surface area (Å²) in [6.07, 6.45) is 1.59. The number of hydrogen-bond acceptors (Lipinski definition) is 2. The van der Waals surface area contributed by atoms with Crippen molar-refractivity contribution in [2.24, 2.45) is 0 Å². The lowest BCUT2D eigenvalue weighted by atomic mass is 10.2. The molecule has 1 heterocycles. The molecular weight excluding hydrogens is 200 g/mol. The maximum atomic E-state index is 12.0. The number of hydrogen-bond donors (Lipinski definition) is 0. The largest absolute Gasteiger partial charge is 0.425 e. The molecule has 0 amide bonds. The second-order valence-corrected chi connectivity index (χ2v) is 3.24. The molecule has 16 heavy (non-hydrogen) atoms. The van der Waals surface area contributed by atoms with Crippen LogP contribution in [0, 0.1) is 11.3 Å². The number of nitrogens with zero attached hydrogens (tertiary/aromatic N) is 2. The summed E-state index contributed by atoms with van der Waals surface area (Å²) >= 11 is 0. The van der Waals surface area contributed by atoms with E-state index in [9.17, 15) is 4.79 Å². The van der Waals surface area contributed by atoms with E-state index in [-0.39, 0.29) is 5.91 Å². The first-order valence-corrected chi connectivity index (χ1v) is 4.83. The molecule has 0 saturated carbocycles. The van der Waals surface area contributed by atoms with Crippen LogP contribution in [0.5, 0.6) is 0 Å². The van der Waals surface area contributed by atoms with Gasteiger partial charge in [0, 0.05) is 12.1 Å². The van der Waals surface area contributed by atoms with E-state index >= 15 is 0 Å². The van der Waals surface area contributed by atoms with Crippen molar-refractivity contribution in [3.63, 3.8) is 0 Å². The van der Waals surface area contributed by atoms with E-state index in [4.69, 9.17) is 5.26 Å². The summed E-state index contributed by atoms with van der Waals surface area (Å²) in [5.74, 6) is -0.197. The first-order chi connectivity index (χ1) is 7.83. The van der Waals surface area contributed by atoms with Gasteiger partial charge >= 0.3 is 5.91 Å². The van der Waals surface area contributed by atoms with Crippen LogP contribution in [-0.4, -0.2) is 5.91 Å². The molecule has 0 radical (unpaired) electrons. The first-order valence-electron chi connectivity index (χ1n) is 4.83. The molecule has 3 nitrogen and oxygen atoms in total. The van der Waals surface area contributed by atoms with Gasteiger partial charge in [-0.2, -0.15) is 5.26 Å². The van der Waals surface area contributed by atoms with Gasteiger partial charge in [0.15, 0.2) is 12.3 Å². The van der Waals surface area contributed by atoms with Gasteiger partial charge in [-0.3, -0.25) is 0 Å². The van der Waals surface area contributed by atoms with Gasteiger partial charge in [0.05, 0.1) is 5.56 Å². The van der Waals surface area contributed by atoms with Gasteiger partial charge in [-0.15, -0.1) is 4.57 Å². The molecule has 0 aliphatic rings. The van der Waals surface area contributed by atoms with Gasteiger partial charge < -0.3 is 0 Å². The van der Waals surface area contributed by atoms with Gasteiger partial charge in [-0.1, -0.05) is 18.2 Å². The van der Waals surface area contributed by atoms with Gasteiger partial charge in [0.2, 0.25) is 0 Å². The third-order valence-corrected chi connectivity index (χ3v) is 2.21. The Balaban J connectivity index is 2.47. The molecule has 0 saturated heterocycles. The number of nitriles is 1. The van der Waals surface area contributed by atoms with Crippen molar-refractivity contribution in [1.29, 1.82) is 5.26 Å². The van der Waals surface area contributed by atoms with Crippen LogP contribution in [-0.2, 0) is 0 Å². The monoisotopic (exact) mass is 209 g/mol. The zero-order chi connectivity index (χ0) is 11.4. The minimum atomic E-state index is -0.197. The molecule has 0 unspecified atom stereocenters. The third-order valence-electron chi connectivity index (χ3n) is 2.21. The number of carbonyl (C=O) groups excluding carboxylic acids is 1. The normalized spacial score (nSPS) is 9.44. The van der Waals surface area contributed by atoms with E-state index in [0.717, 1.165) is 0 Å². The van der Waals surface area contributed by atoms with Crippen LogP contribution in [0.2, 0.25) is 0 Å². The second-order valence-electron chi connectivity index (χ2n) is 3.24. The van der Waals surface area contributed by atoms with Crippen LogP contribution in [0.3, 0.4) is 0 Å². The van der Waals surface area contributed by atoms with Crippen LogP contribution in [0.25, 0.3) is 0 Å². The fraction of sp³-hybridized carbons (Fsp3) is 0. The van der Waals surface area contributed by atoms with Gasteiger partial charge in [-0.25, -0.2) is 4.79 Å². The number of carbonyl (C=O) groups is 1. The Morgan fingerprint density at radius 2 is 1.75 bits per heavy atom. The predicted octanol–water partition coefficient (Wildman–Crippen LogP) is 1.53. The molecule has 0 aliphatic heterocycles. The van der Waals surface area contributed by atoms with Crippen molar-refractivity contribution in [2.45, 2.75) is 0 Å². The molecule has 0 spiro atoms. The molecule has 0 bridgehead atoms. The summed E-state index contributed by atoms with van der Waals surface area (Å²) in [6, 6.07) is 15.9. The number of benzene rings is 1. The van der Waals surface area contributed by atoms with E-state index in [1.165, 1.54) is 4.57 Å². The molecule has 0 N–H and O–H groups in total. The third kappa shape index (κ3) is 1.82. The summed E-state index contributed by atoms with van der Waals surface area (Å²) in [7, 11) is 0. The van der Waals surface area contributed by atoms with Crippen LogP contribution in [0.15, 0.2) is 54.7 Å². The van der Waals surface area contributed by atoms with Gasteiger partial charge in [-0.05, 0) is 18.2 Å². The fourth-order valence-corrected chi connectivity index (χ4v) is 1.43. The second kappa shape index (κ2) is 4.37. The van der Waals surface area contributed by atoms with E-state index in [0.29, 0.717) is 11.3 Å². The zero-order valence-corrected chi connectivity index (χ0v) is 8.50. The van der Waals surface area contributed by atoms with E-state index < -0.39 is 0 Å². The average molecular weight is 209 g/mol.